The molecule has 0 aliphatic carbocycles. The van der Waals surface area contributed by atoms with Gasteiger partial charge in [0.15, 0.2) is 0 Å². The molecule has 0 aliphatic heterocycles. The molecule has 0 aliphatic rings. The second-order valence-electron chi connectivity index (χ2n) is 4.97. The fraction of sp³-hybridized carbons (Fsp3) is 0.625. The highest BCUT2D eigenvalue weighted by Gasteiger charge is 2.06. The molecule has 0 saturated carbocycles. The molecule has 0 radical (unpaired) electrons. The van der Waals surface area contributed by atoms with E-state index in [2.05, 4.69) is 6.92 Å². The van der Waals surface area contributed by atoms with Crippen LogP contribution >= 0.6 is 0 Å². The predicted molar refractivity (Wildman–Crippen MR) is 75.5 cm³/mol. The van der Waals surface area contributed by atoms with Gasteiger partial charge in [0.1, 0.15) is 0 Å². The van der Waals surface area contributed by atoms with Crippen molar-refractivity contribution >= 4 is 0 Å². The van der Waals surface area contributed by atoms with Crippen molar-refractivity contribution in [1.29, 1.82) is 0 Å². The molecule has 2 heteroatoms. The Balaban J connectivity index is 2.26. The topological polar surface area (TPSA) is 40.5 Å². The van der Waals surface area contributed by atoms with E-state index in [1.807, 2.05) is 24.3 Å². The van der Waals surface area contributed by atoms with Crippen molar-refractivity contribution in [2.45, 2.75) is 64.6 Å². The standard InChI is InChI=1S/C16H26O2/c1-2-3-4-5-10-16(18)12-11-14-8-6-7-9-15(14)13-17/h6-9,16-18H,2-5,10-13H2,1H3. The molecule has 0 fully saturated rings. The monoisotopic (exact) mass is 250 g/mol. The Morgan fingerprint density at radius 2 is 1.72 bits per heavy atom. The minimum atomic E-state index is -0.200. The Morgan fingerprint density at radius 1 is 1.00 bits per heavy atom. The van der Waals surface area contributed by atoms with E-state index < -0.39 is 0 Å². The first-order valence-electron chi connectivity index (χ1n) is 7.13. The first kappa shape index (κ1) is 15.2. The van der Waals surface area contributed by atoms with Crippen LogP contribution in [0, 0.1) is 0 Å². The van der Waals surface area contributed by atoms with Gasteiger partial charge in [-0.3, -0.25) is 0 Å². The van der Waals surface area contributed by atoms with E-state index >= 15 is 0 Å². The predicted octanol–water partition coefficient (Wildman–Crippen LogP) is 3.44. The number of aliphatic hydroxyl groups excluding tert-OH is 2. The van der Waals surface area contributed by atoms with E-state index in [1.165, 1.54) is 19.3 Å². The minimum Gasteiger partial charge on any atom is -0.393 e. The second-order valence-corrected chi connectivity index (χ2v) is 4.97. The van der Waals surface area contributed by atoms with Crippen molar-refractivity contribution in [3.63, 3.8) is 0 Å². The highest BCUT2D eigenvalue weighted by molar-refractivity contribution is 5.26. The maximum atomic E-state index is 9.91. The van der Waals surface area contributed by atoms with Crippen LogP contribution in [0.25, 0.3) is 0 Å². The van der Waals surface area contributed by atoms with Gasteiger partial charge in [0, 0.05) is 0 Å². The van der Waals surface area contributed by atoms with Crippen molar-refractivity contribution in [3.8, 4) is 0 Å². The number of unbranched alkanes of at least 4 members (excludes halogenated alkanes) is 3. The minimum absolute atomic E-state index is 0.0861. The number of aryl methyl sites for hydroxylation is 1. The van der Waals surface area contributed by atoms with E-state index in [1.54, 1.807) is 0 Å². The summed E-state index contributed by atoms with van der Waals surface area (Å²) in [5.41, 5.74) is 2.14. The number of rotatable bonds is 9. The van der Waals surface area contributed by atoms with Gasteiger partial charge in [-0.05, 0) is 30.4 Å². The molecule has 1 aromatic rings. The van der Waals surface area contributed by atoms with Gasteiger partial charge in [0.2, 0.25) is 0 Å². The number of hydrogen-bond donors (Lipinski definition) is 2. The molecule has 0 spiro atoms. The van der Waals surface area contributed by atoms with Gasteiger partial charge in [-0.25, -0.2) is 0 Å². The quantitative estimate of drug-likeness (QED) is 0.659. The van der Waals surface area contributed by atoms with Crippen LogP contribution in [0.5, 0.6) is 0 Å². The zero-order valence-corrected chi connectivity index (χ0v) is 11.4. The lowest BCUT2D eigenvalue weighted by Gasteiger charge is -2.12. The molecular weight excluding hydrogens is 224 g/mol. The third kappa shape index (κ3) is 5.65. The van der Waals surface area contributed by atoms with Crippen molar-refractivity contribution < 1.29 is 10.2 Å². The molecule has 0 heterocycles. The number of hydrogen-bond acceptors (Lipinski definition) is 2. The Kier molecular flexibility index (Phi) is 7.70. The molecule has 1 aromatic carbocycles. The van der Waals surface area contributed by atoms with Crippen LogP contribution < -0.4 is 0 Å². The maximum absolute atomic E-state index is 9.91. The van der Waals surface area contributed by atoms with E-state index in [4.69, 9.17) is 0 Å². The summed E-state index contributed by atoms with van der Waals surface area (Å²) >= 11 is 0. The van der Waals surface area contributed by atoms with Gasteiger partial charge in [0.25, 0.3) is 0 Å². The van der Waals surface area contributed by atoms with Crippen LogP contribution in [0.1, 0.15) is 56.6 Å². The lowest BCUT2D eigenvalue weighted by atomic mass is 9.99. The first-order chi connectivity index (χ1) is 8.77. The smallest absolute Gasteiger partial charge is 0.0684 e. The molecule has 2 N–H and O–H groups in total. The highest BCUT2D eigenvalue weighted by Crippen LogP contribution is 2.14. The molecule has 2 nitrogen and oxygen atoms in total. The average Bonchev–Trinajstić information content (AvgIpc) is 2.41. The zero-order chi connectivity index (χ0) is 13.2. The fourth-order valence-electron chi connectivity index (χ4n) is 2.23. The zero-order valence-electron chi connectivity index (χ0n) is 11.4. The largest absolute Gasteiger partial charge is 0.393 e. The molecule has 18 heavy (non-hydrogen) atoms. The summed E-state index contributed by atoms with van der Waals surface area (Å²) in [6, 6.07) is 7.91. The molecule has 0 amide bonds. The van der Waals surface area contributed by atoms with Crippen LogP contribution in [0.15, 0.2) is 24.3 Å². The highest BCUT2D eigenvalue weighted by atomic mass is 16.3. The van der Waals surface area contributed by atoms with E-state index in [0.717, 1.165) is 36.8 Å². The van der Waals surface area contributed by atoms with E-state index in [9.17, 15) is 10.2 Å². The van der Waals surface area contributed by atoms with E-state index in [0.29, 0.717) is 0 Å². The lowest BCUT2D eigenvalue weighted by molar-refractivity contribution is 0.151. The van der Waals surface area contributed by atoms with Gasteiger partial charge >= 0.3 is 0 Å². The first-order valence-corrected chi connectivity index (χ1v) is 7.13. The van der Waals surface area contributed by atoms with Crippen molar-refractivity contribution in [2.24, 2.45) is 0 Å². The molecular formula is C16H26O2. The van der Waals surface area contributed by atoms with Gasteiger partial charge in [-0.1, -0.05) is 56.9 Å². The maximum Gasteiger partial charge on any atom is 0.0684 e. The summed E-state index contributed by atoms with van der Waals surface area (Å²) in [7, 11) is 0. The number of aliphatic hydroxyl groups is 2. The van der Waals surface area contributed by atoms with Crippen molar-refractivity contribution in [1.82, 2.24) is 0 Å². The van der Waals surface area contributed by atoms with Gasteiger partial charge in [-0.15, -0.1) is 0 Å². The normalized spacial score (nSPS) is 12.6. The Hall–Kier alpha value is -0.860. The molecule has 0 saturated heterocycles. The molecule has 0 aromatic heterocycles. The summed E-state index contributed by atoms with van der Waals surface area (Å²) in [6.45, 7) is 2.28. The van der Waals surface area contributed by atoms with Crippen molar-refractivity contribution in [3.05, 3.63) is 35.4 Å². The van der Waals surface area contributed by atoms with E-state index in [-0.39, 0.29) is 12.7 Å². The molecule has 1 unspecified atom stereocenters. The molecule has 0 bridgehead atoms. The third-order valence-corrected chi connectivity index (χ3v) is 3.43. The summed E-state index contributed by atoms with van der Waals surface area (Å²) in [5.74, 6) is 0. The fourth-order valence-corrected chi connectivity index (χ4v) is 2.23. The Bertz CT molecular complexity index is 323. The summed E-state index contributed by atoms with van der Waals surface area (Å²) in [4.78, 5) is 0. The summed E-state index contributed by atoms with van der Waals surface area (Å²) < 4.78 is 0. The third-order valence-electron chi connectivity index (χ3n) is 3.43. The van der Waals surface area contributed by atoms with Crippen LogP contribution in [-0.2, 0) is 13.0 Å². The summed E-state index contributed by atoms with van der Waals surface area (Å²) in [5, 5.41) is 19.1. The van der Waals surface area contributed by atoms with Crippen molar-refractivity contribution in [2.75, 3.05) is 0 Å². The second kappa shape index (κ2) is 9.12. The molecule has 1 atom stereocenters. The van der Waals surface area contributed by atoms with Gasteiger partial charge in [-0.2, -0.15) is 0 Å². The van der Waals surface area contributed by atoms with Crippen LogP contribution in [0.4, 0.5) is 0 Å². The molecule has 1 rings (SSSR count). The van der Waals surface area contributed by atoms with Gasteiger partial charge in [0.05, 0.1) is 12.7 Å². The van der Waals surface area contributed by atoms with Crippen LogP contribution in [-0.4, -0.2) is 16.3 Å². The Morgan fingerprint density at radius 3 is 2.39 bits per heavy atom. The van der Waals surface area contributed by atoms with Crippen LogP contribution in [0.3, 0.4) is 0 Å². The number of benzene rings is 1. The molecule has 102 valence electrons. The summed E-state index contributed by atoms with van der Waals surface area (Å²) in [6.07, 6.45) is 7.20. The lowest BCUT2D eigenvalue weighted by Crippen LogP contribution is -2.08. The average molecular weight is 250 g/mol. The van der Waals surface area contributed by atoms with Crippen LogP contribution in [0.2, 0.25) is 0 Å². The Labute approximate surface area is 111 Å². The van der Waals surface area contributed by atoms with Gasteiger partial charge < -0.3 is 10.2 Å². The SMILES string of the molecule is CCCCCCC(O)CCc1ccccc1CO.